The van der Waals surface area contributed by atoms with Gasteiger partial charge in [0.15, 0.2) is 5.82 Å². The highest BCUT2D eigenvalue weighted by atomic mass is 16.5. The molecule has 0 saturated heterocycles. The molecule has 0 radical (unpaired) electrons. The summed E-state index contributed by atoms with van der Waals surface area (Å²) in [6, 6.07) is 7.86. The van der Waals surface area contributed by atoms with Gasteiger partial charge in [0.25, 0.3) is 0 Å². The second kappa shape index (κ2) is 5.67. The Labute approximate surface area is 122 Å². The van der Waals surface area contributed by atoms with Crippen LogP contribution in [-0.2, 0) is 13.0 Å². The fourth-order valence-corrected chi connectivity index (χ4v) is 2.39. The monoisotopic (exact) mass is 285 g/mol. The third-order valence-corrected chi connectivity index (χ3v) is 3.37. The van der Waals surface area contributed by atoms with E-state index < -0.39 is 0 Å². The summed E-state index contributed by atoms with van der Waals surface area (Å²) in [5, 5.41) is 5.13. The number of nitrogens with two attached hydrogens (primary N) is 1. The Morgan fingerprint density at radius 3 is 2.95 bits per heavy atom. The molecule has 2 aromatic heterocycles. The maximum atomic E-state index is 6.20. The molecule has 0 aliphatic carbocycles. The number of nitrogens with one attached hydrogen (secondary N) is 1. The highest BCUT2D eigenvalue weighted by Gasteiger charge is 2.17. The molecule has 3 N–H and O–H groups in total. The molecular weight excluding hydrogens is 266 g/mol. The molecule has 3 rings (SSSR count). The molecule has 0 amide bonds. The van der Waals surface area contributed by atoms with Crippen LogP contribution < -0.4 is 5.73 Å². The first-order chi connectivity index (χ1) is 10.1. The molecule has 3 aromatic rings. The quantitative estimate of drug-likeness (QED) is 0.747. The molecule has 2 heterocycles. The molecule has 110 valence electrons. The molecule has 0 bridgehead atoms. The molecule has 0 aliphatic rings. The van der Waals surface area contributed by atoms with Gasteiger partial charge < -0.3 is 20.1 Å². The molecule has 21 heavy (non-hydrogen) atoms. The molecule has 0 aliphatic heterocycles. The zero-order valence-corrected chi connectivity index (χ0v) is 12.2. The van der Waals surface area contributed by atoms with Gasteiger partial charge in [0.05, 0.1) is 12.6 Å². The van der Waals surface area contributed by atoms with Crippen LogP contribution >= 0.6 is 0 Å². The van der Waals surface area contributed by atoms with Crippen LogP contribution in [0.2, 0.25) is 0 Å². The van der Waals surface area contributed by atoms with Gasteiger partial charge in [-0.1, -0.05) is 23.4 Å². The van der Waals surface area contributed by atoms with E-state index in [1.54, 1.807) is 0 Å². The molecule has 1 atom stereocenters. The average Bonchev–Trinajstić information content (AvgIpc) is 3.06. The Hall–Kier alpha value is -2.18. The first-order valence-electron chi connectivity index (χ1n) is 6.91. The van der Waals surface area contributed by atoms with E-state index in [-0.39, 0.29) is 6.04 Å². The van der Waals surface area contributed by atoms with E-state index in [4.69, 9.17) is 10.3 Å². The minimum absolute atomic E-state index is 0.299. The van der Waals surface area contributed by atoms with Gasteiger partial charge in [-0.05, 0) is 32.1 Å². The van der Waals surface area contributed by atoms with Crippen molar-refractivity contribution < 1.29 is 4.52 Å². The van der Waals surface area contributed by atoms with E-state index in [1.807, 2.05) is 43.4 Å². The van der Waals surface area contributed by atoms with Gasteiger partial charge in [-0.15, -0.1) is 0 Å². The smallest absolute Gasteiger partial charge is 0.243 e. The summed E-state index contributed by atoms with van der Waals surface area (Å²) in [4.78, 5) is 9.59. The number of benzene rings is 1. The standard InChI is InChI=1S/C15H19N5O/c1-20(2)9-14-18-15(21-19-14)12(16)7-10-8-17-13-6-4-3-5-11(10)13/h3-6,8,12,17H,7,9,16H2,1-2H3/t12-/m1/s1. The third kappa shape index (κ3) is 2.96. The van der Waals surface area contributed by atoms with Crippen molar-refractivity contribution in [1.82, 2.24) is 20.0 Å². The molecule has 1 aromatic carbocycles. The first kappa shape index (κ1) is 13.8. The van der Waals surface area contributed by atoms with Crippen LogP contribution in [0, 0.1) is 0 Å². The number of H-pyrrole nitrogens is 1. The molecule has 6 nitrogen and oxygen atoms in total. The SMILES string of the molecule is CN(C)Cc1noc([C@H](N)Cc2c[nH]c3ccccc23)n1. The Morgan fingerprint density at radius 1 is 1.33 bits per heavy atom. The lowest BCUT2D eigenvalue weighted by Gasteiger charge is -2.06. The third-order valence-electron chi connectivity index (χ3n) is 3.37. The number of aromatic nitrogens is 3. The minimum Gasteiger partial charge on any atom is -0.361 e. The summed E-state index contributed by atoms with van der Waals surface area (Å²) in [6.45, 7) is 0.642. The molecule has 0 unspecified atom stereocenters. The average molecular weight is 285 g/mol. The molecular formula is C15H19N5O. The maximum absolute atomic E-state index is 6.20. The van der Waals surface area contributed by atoms with Crippen LogP contribution in [0.15, 0.2) is 35.0 Å². The van der Waals surface area contributed by atoms with Crippen LogP contribution in [-0.4, -0.2) is 34.1 Å². The number of aromatic amines is 1. The number of hydrogen-bond donors (Lipinski definition) is 2. The van der Waals surface area contributed by atoms with E-state index in [9.17, 15) is 0 Å². The Bertz CT molecular complexity index is 730. The lowest BCUT2D eigenvalue weighted by atomic mass is 10.1. The highest BCUT2D eigenvalue weighted by Crippen LogP contribution is 2.22. The van der Waals surface area contributed by atoms with Gasteiger partial charge in [0.2, 0.25) is 5.89 Å². The minimum atomic E-state index is -0.299. The topological polar surface area (TPSA) is 84.0 Å². The molecule has 0 spiro atoms. The number of rotatable bonds is 5. The predicted molar refractivity (Wildman–Crippen MR) is 80.6 cm³/mol. The van der Waals surface area contributed by atoms with Crippen LogP contribution in [0.1, 0.15) is 23.3 Å². The molecule has 6 heteroatoms. The van der Waals surface area contributed by atoms with Crippen molar-refractivity contribution in [2.75, 3.05) is 14.1 Å². The van der Waals surface area contributed by atoms with E-state index in [0.29, 0.717) is 24.7 Å². The van der Waals surface area contributed by atoms with Crippen molar-refractivity contribution in [3.05, 3.63) is 47.7 Å². The Morgan fingerprint density at radius 2 is 2.14 bits per heavy atom. The van der Waals surface area contributed by atoms with Gasteiger partial charge in [-0.25, -0.2) is 0 Å². The molecule has 0 saturated carbocycles. The number of para-hydroxylation sites is 1. The zero-order valence-electron chi connectivity index (χ0n) is 12.2. The lowest BCUT2D eigenvalue weighted by molar-refractivity contribution is 0.336. The summed E-state index contributed by atoms with van der Waals surface area (Å²) in [7, 11) is 3.92. The zero-order chi connectivity index (χ0) is 14.8. The van der Waals surface area contributed by atoms with Crippen molar-refractivity contribution in [2.45, 2.75) is 19.0 Å². The summed E-state index contributed by atoms with van der Waals surface area (Å²) < 4.78 is 5.27. The van der Waals surface area contributed by atoms with Crippen molar-refractivity contribution >= 4 is 10.9 Å². The second-order valence-electron chi connectivity index (χ2n) is 5.46. The maximum Gasteiger partial charge on any atom is 0.243 e. The lowest BCUT2D eigenvalue weighted by Crippen LogP contribution is -2.15. The van der Waals surface area contributed by atoms with Gasteiger partial charge in [0, 0.05) is 17.1 Å². The van der Waals surface area contributed by atoms with Crippen molar-refractivity contribution in [3.8, 4) is 0 Å². The van der Waals surface area contributed by atoms with Crippen molar-refractivity contribution in [3.63, 3.8) is 0 Å². The highest BCUT2D eigenvalue weighted by molar-refractivity contribution is 5.83. The fourth-order valence-electron chi connectivity index (χ4n) is 2.39. The summed E-state index contributed by atoms with van der Waals surface area (Å²) in [5.41, 5.74) is 8.47. The van der Waals surface area contributed by atoms with Crippen molar-refractivity contribution in [2.24, 2.45) is 5.73 Å². The fraction of sp³-hybridized carbons (Fsp3) is 0.333. The Balaban J connectivity index is 1.76. The normalized spacial score (nSPS) is 13.1. The van der Waals surface area contributed by atoms with E-state index in [2.05, 4.69) is 21.2 Å². The second-order valence-corrected chi connectivity index (χ2v) is 5.46. The van der Waals surface area contributed by atoms with Crippen molar-refractivity contribution in [1.29, 1.82) is 0 Å². The van der Waals surface area contributed by atoms with Crippen LogP contribution in [0.5, 0.6) is 0 Å². The van der Waals surface area contributed by atoms with E-state index >= 15 is 0 Å². The number of fused-ring (bicyclic) bond motifs is 1. The largest absolute Gasteiger partial charge is 0.361 e. The van der Waals surface area contributed by atoms with E-state index in [0.717, 1.165) is 11.1 Å². The first-order valence-corrected chi connectivity index (χ1v) is 6.91. The van der Waals surface area contributed by atoms with Gasteiger partial charge >= 0.3 is 0 Å². The van der Waals surface area contributed by atoms with Crippen LogP contribution in [0.25, 0.3) is 10.9 Å². The number of hydrogen-bond acceptors (Lipinski definition) is 5. The molecule has 0 fully saturated rings. The van der Waals surface area contributed by atoms with Gasteiger partial charge in [0.1, 0.15) is 0 Å². The summed E-state index contributed by atoms with van der Waals surface area (Å²) >= 11 is 0. The van der Waals surface area contributed by atoms with Crippen LogP contribution in [0.4, 0.5) is 0 Å². The van der Waals surface area contributed by atoms with Crippen LogP contribution in [0.3, 0.4) is 0 Å². The van der Waals surface area contributed by atoms with Gasteiger partial charge in [-0.3, -0.25) is 0 Å². The van der Waals surface area contributed by atoms with E-state index in [1.165, 1.54) is 5.39 Å². The Kier molecular flexibility index (Phi) is 3.72. The number of nitrogens with zero attached hydrogens (tertiary/aromatic N) is 3. The summed E-state index contributed by atoms with van der Waals surface area (Å²) in [6.07, 6.45) is 2.65. The van der Waals surface area contributed by atoms with Gasteiger partial charge in [-0.2, -0.15) is 4.98 Å². The summed E-state index contributed by atoms with van der Waals surface area (Å²) in [5.74, 6) is 1.14. The predicted octanol–water partition coefficient (Wildman–Crippen LogP) is 1.85.